The number of hydrogen-bond acceptors (Lipinski definition) is 4. The maximum Gasteiger partial charge on any atom is 0.379 e. The quantitative estimate of drug-likeness (QED) is 0.367. The molecule has 7 heteroatoms. The fourth-order valence-corrected chi connectivity index (χ4v) is 1.39. The Morgan fingerprint density at radius 1 is 1.39 bits per heavy atom. The number of Topliss-reactive ketones (excluding diaryl/α,β-unsaturated/α-hetero) is 1. The number of carbonyl (C=O) groups is 2. The minimum atomic E-state index is -1.24. The number of ether oxygens (including phenoxy) is 2. The molecule has 0 aliphatic rings. The van der Waals surface area contributed by atoms with Crippen molar-refractivity contribution in [3.05, 3.63) is 28.3 Å². The molecule has 0 radical (unpaired) electrons. The van der Waals surface area contributed by atoms with Crippen LogP contribution in [-0.2, 0) is 9.53 Å². The summed E-state index contributed by atoms with van der Waals surface area (Å²) in [5.74, 6) is -5.44. The summed E-state index contributed by atoms with van der Waals surface area (Å²) in [7, 11) is 1.06. The summed E-state index contributed by atoms with van der Waals surface area (Å²) < 4.78 is 35.8. The van der Waals surface area contributed by atoms with Crippen LogP contribution in [0.3, 0.4) is 0 Å². The summed E-state index contributed by atoms with van der Waals surface area (Å²) in [6, 6.07) is 0.628. The number of hydrogen-bond donors (Lipinski definition) is 0. The third kappa shape index (κ3) is 2.59. The average Bonchev–Trinajstić information content (AvgIpc) is 2.35. The number of benzene rings is 1. The molecule has 1 aromatic rings. The van der Waals surface area contributed by atoms with Gasteiger partial charge in [-0.05, 0) is 13.0 Å². The van der Waals surface area contributed by atoms with E-state index >= 15 is 0 Å². The first kappa shape index (κ1) is 14.4. The average molecular weight is 279 g/mol. The van der Waals surface area contributed by atoms with E-state index in [1.165, 1.54) is 6.92 Å². The molecule has 0 saturated carbocycles. The van der Waals surface area contributed by atoms with E-state index in [0.717, 1.165) is 7.11 Å². The van der Waals surface area contributed by atoms with Crippen LogP contribution in [0.4, 0.5) is 8.78 Å². The highest BCUT2D eigenvalue weighted by Gasteiger charge is 2.27. The van der Waals surface area contributed by atoms with Crippen LogP contribution in [0.1, 0.15) is 17.3 Å². The number of rotatable bonds is 4. The van der Waals surface area contributed by atoms with Gasteiger partial charge < -0.3 is 9.47 Å². The van der Waals surface area contributed by atoms with Crippen LogP contribution < -0.4 is 4.74 Å². The van der Waals surface area contributed by atoms with Gasteiger partial charge in [0, 0.05) is 0 Å². The first-order chi connectivity index (χ1) is 8.43. The molecule has 0 aromatic heterocycles. The van der Waals surface area contributed by atoms with Crippen molar-refractivity contribution in [3.8, 4) is 5.75 Å². The summed E-state index contributed by atoms with van der Waals surface area (Å²) in [5.41, 5.74) is -0.574. The lowest BCUT2D eigenvalue weighted by molar-refractivity contribution is -0.137. The van der Waals surface area contributed by atoms with Crippen molar-refractivity contribution in [2.24, 2.45) is 0 Å². The molecule has 98 valence electrons. The molecule has 1 aromatic carbocycles. The molecule has 0 bridgehead atoms. The molecular weight excluding hydrogens is 270 g/mol. The molecule has 0 unspecified atom stereocenters. The third-order valence-corrected chi connectivity index (χ3v) is 2.37. The summed E-state index contributed by atoms with van der Waals surface area (Å²) in [6.45, 7) is 1.46. The summed E-state index contributed by atoms with van der Waals surface area (Å²) >= 11 is 5.32. The van der Waals surface area contributed by atoms with Gasteiger partial charge in [0.15, 0.2) is 11.6 Å². The molecule has 0 aliphatic carbocycles. The fraction of sp³-hybridized carbons (Fsp3) is 0.273. The number of halogens is 3. The summed E-state index contributed by atoms with van der Waals surface area (Å²) in [4.78, 5) is 22.8. The van der Waals surface area contributed by atoms with E-state index in [1.807, 2.05) is 0 Å². The van der Waals surface area contributed by atoms with Crippen LogP contribution in [0.5, 0.6) is 5.75 Å². The second-order valence-electron chi connectivity index (χ2n) is 3.12. The molecule has 0 atom stereocenters. The highest BCUT2D eigenvalue weighted by Crippen LogP contribution is 2.31. The zero-order valence-electron chi connectivity index (χ0n) is 9.55. The van der Waals surface area contributed by atoms with Crippen LogP contribution in [0, 0.1) is 11.6 Å². The lowest BCUT2D eigenvalue weighted by Crippen LogP contribution is -2.19. The van der Waals surface area contributed by atoms with E-state index in [1.54, 1.807) is 0 Å². The Kier molecular flexibility index (Phi) is 4.61. The topological polar surface area (TPSA) is 52.6 Å². The van der Waals surface area contributed by atoms with Gasteiger partial charge in [0.2, 0.25) is 0 Å². The fourth-order valence-electron chi connectivity index (χ4n) is 1.25. The van der Waals surface area contributed by atoms with Gasteiger partial charge in [0.1, 0.15) is 10.8 Å². The molecule has 18 heavy (non-hydrogen) atoms. The second-order valence-corrected chi connectivity index (χ2v) is 3.49. The zero-order chi connectivity index (χ0) is 13.9. The molecule has 0 N–H and O–H groups in total. The number of ketones is 1. The Labute approximate surface area is 106 Å². The van der Waals surface area contributed by atoms with Crippen LogP contribution in [0.15, 0.2) is 6.07 Å². The molecule has 0 aliphatic heterocycles. The predicted molar refractivity (Wildman–Crippen MR) is 58.9 cm³/mol. The highest BCUT2D eigenvalue weighted by molar-refractivity contribution is 6.41. The van der Waals surface area contributed by atoms with Crippen LogP contribution in [0.25, 0.3) is 0 Å². The number of methoxy groups -OCH3 is 1. The van der Waals surface area contributed by atoms with Crippen molar-refractivity contribution < 1.29 is 27.8 Å². The molecule has 0 spiro atoms. The van der Waals surface area contributed by atoms with Gasteiger partial charge in [-0.2, -0.15) is 0 Å². The van der Waals surface area contributed by atoms with E-state index in [0.29, 0.717) is 6.07 Å². The lowest BCUT2D eigenvalue weighted by Gasteiger charge is -2.09. The lowest BCUT2D eigenvalue weighted by atomic mass is 10.1. The second kappa shape index (κ2) is 5.77. The molecule has 0 amide bonds. The molecule has 1 rings (SSSR count). The highest BCUT2D eigenvalue weighted by atomic mass is 35.5. The minimum absolute atomic E-state index is 0.0363. The van der Waals surface area contributed by atoms with E-state index < -0.39 is 39.7 Å². The van der Waals surface area contributed by atoms with Crippen molar-refractivity contribution in [1.29, 1.82) is 0 Å². The van der Waals surface area contributed by atoms with Gasteiger partial charge in [-0.15, -0.1) is 0 Å². The summed E-state index contributed by atoms with van der Waals surface area (Å²) in [5, 5.41) is -0.813. The van der Waals surface area contributed by atoms with Gasteiger partial charge in [-0.3, -0.25) is 4.79 Å². The minimum Gasteiger partial charge on any atom is -0.493 e. The van der Waals surface area contributed by atoms with Crippen molar-refractivity contribution in [2.75, 3.05) is 13.7 Å². The van der Waals surface area contributed by atoms with E-state index in [-0.39, 0.29) is 6.61 Å². The molecular formula is C11H9ClF2O4. The first-order valence-corrected chi connectivity index (χ1v) is 5.24. The van der Waals surface area contributed by atoms with Gasteiger partial charge >= 0.3 is 5.97 Å². The van der Waals surface area contributed by atoms with E-state index in [9.17, 15) is 18.4 Å². The molecule has 0 saturated heterocycles. The van der Waals surface area contributed by atoms with Gasteiger partial charge in [-0.25, -0.2) is 13.6 Å². The van der Waals surface area contributed by atoms with E-state index in [4.69, 9.17) is 11.6 Å². The van der Waals surface area contributed by atoms with Crippen LogP contribution in [-0.4, -0.2) is 25.5 Å². The Balaban J connectivity index is 3.32. The standard InChI is InChI=1S/C11H9ClF2O4/c1-3-18-11(16)9(15)5-4-6(13)7(12)8(14)10(5)17-2/h4H,3H2,1-2H3. The zero-order valence-corrected chi connectivity index (χ0v) is 10.3. The van der Waals surface area contributed by atoms with Crippen molar-refractivity contribution in [1.82, 2.24) is 0 Å². The van der Waals surface area contributed by atoms with Crippen molar-refractivity contribution >= 4 is 23.4 Å². The predicted octanol–water partition coefficient (Wildman–Crippen LogP) is 2.37. The largest absolute Gasteiger partial charge is 0.493 e. The number of esters is 1. The smallest absolute Gasteiger partial charge is 0.379 e. The van der Waals surface area contributed by atoms with Crippen molar-refractivity contribution in [2.45, 2.75) is 6.92 Å². The maximum absolute atomic E-state index is 13.5. The Morgan fingerprint density at radius 3 is 2.50 bits per heavy atom. The third-order valence-electron chi connectivity index (χ3n) is 2.03. The Bertz CT molecular complexity index is 502. The molecule has 4 nitrogen and oxygen atoms in total. The first-order valence-electron chi connectivity index (χ1n) is 4.86. The van der Waals surface area contributed by atoms with Gasteiger partial charge in [0.25, 0.3) is 5.78 Å². The van der Waals surface area contributed by atoms with Gasteiger partial charge in [-0.1, -0.05) is 11.6 Å². The molecule has 0 heterocycles. The monoisotopic (exact) mass is 278 g/mol. The maximum atomic E-state index is 13.5. The number of carbonyl (C=O) groups excluding carboxylic acids is 2. The summed E-state index contributed by atoms with van der Waals surface area (Å²) in [6.07, 6.45) is 0. The normalized spacial score (nSPS) is 10.1. The molecule has 0 fully saturated rings. The SMILES string of the molecule is CCOC(=O)C(=O)c1cc(F)c(Cl)c(F)c1OC. The van der Waals surface area contributed by atoms with Crippen LogP contribution >= 0.6 is 11.6 Å². The van der Waals surface area contributed by atoms with E-state index in [2.05, 4.69) is 9.47 Å². The van der Waals surface area contributed by atoms with Gasteiger partial charge in [0.05, 0.1) is 19.3 Å². The van der Waals surface area contributed by atoms with Crippen molar-refractivity contribution in [3.63, 3.8) is 0 Å². The Hall–Kier alpha value is -1.69. The Morgan fingerprint density at radius 2 is 2.00 bits per heavy atom. The van der Waals surface area contributed by atoms with Crippen LogP contribution in [0.2, 0.25) is 5.02 Å².